The van der Waals surface area contributed by atoms with Gasteiger partial charge in [0, 0.05) is 33.5 Å². The first-order valence-electron chi connectivity index (χ1n) is 17.4. The number of fused-ring (bicyclic) bond motifs is 3. The molecule has 7 aromatic carbocycles. The highest BCUT2D eigenvalue weighted by atomic mass is 15.2. The largest absolute Gasteiger partial charge is 0.308 e. The van der Waals surface area contributed by atoms with Crippen molar-refractivity contribution in [3.05, 3.63) is 168 Å². The van der Waals surface area contributed by atoms with Crippen molar-refractivity contribution in [2.75, 3.05) is 9.80 Å². The third kappa shape index (κ3) is 6.07. The van der Waals surface area contributed by atoms with Crippen LogP contribution in [0.4, 0.5) is 34.1 Å². The van der Waals surface area contributed by atoms with Crippen LogP contribution in [0.5, 0.6) is 0 Å². The van der Waals surface area contributed by atoms with Crippen molar-refractivity contribution in [2.24, 2.45) is 0 Å². The SMILES string of the molecule is CCCc1ccc(N(c2ccc(C)cc2)c2c(N(c3ccc(C)cc3)c3ccc(CCC)cc3)c3ccccc3c3ccccc23)cc1. The maximum Gasteiger partial charge on any atom is 0.0788 e. The number of hydrogen-bond acceptors (Lipinski definition) is 2. The number of rotatable bonds is 10. The fourth-order valence-corrected chi connectivity index (χ4v) is 6.96. The Labute approximate surface area is 285 Å². The summed E-state index contributed by atoms with van der Waals surface area (Å²) in [7, 11) is 0. The summed E-state index contributed by atoms with van der Waals surface area (Å²) in [6.07, 6.45) is 4.40. The minimum Gasteiger partial charge on any atom is -0.308 e. The highest BCUT2D eigenvalue weighted by Crippen LogP contribution is 2.53. The average molecular weight is 625 g/mol. The van der Waals surface area contributed by atoms with Gasteiger partial charge < -0.3 is 9.80 Å². The van der Waals surface area contributed by atoms with Crippen molar-refractivity contribution >= 4 is 55.7 Å². The van der Waals surface area contributed by atoms with Crippen molar-refractivity contribution in [1.82, 2.24) is 0 Å². The van der Waals surface area contributed by atoms with E-state index in [0.29, 0.717) is 0 Å². The maximum atomic E-state index is 2.48. The van der Waals surface area contributed by atoms with Crippen LogP contribution < -0.4 is 9.80 Å². The second-order valence-electron chi connectivity index (χ2n) is 13.0. The first-order valence-corrected chi connectivity index (χ1v) is 17.4. The molecule has 0 unspecified atom stereocenters. The number of anilines is 6. The molecule has 0 saturated carbocycles. The van der Waals surface area contributed by atoms with Gasteiger partial charge in [-0.2, -0.15) is 0 Å². The molecule has 0 aromatic heterocycles. The van der Waals surface area contributed by atoms with Gasteiger partial charge in [0.1, 0.15) is 0 Å². The van der Waals surface area contributed by atoms with Gasteiger partial charge in [0.05, 0.1) is 11.4 Å². The summed E-state index contributed by atoms with van der Waals surface area (Å²) < 4.78 is 0. The van der Waals surface area contributed by atoms with Gasteiger partial charge in [0.2, 0.25) is 0 Å². The Bertz CT molecular complexity index is 1980. The van der Waals surface area contributed by atoms with Crippen LogP contribution in [0.1, 0.15) is 48.9 Å². The summed E-state index contributed by atoms with van der Waals surface area (Å²) in [4.78, 5) is 4.96. The van der Waals surface area contributed by atoms with Crippen LogP contribution in [0, 0.1) is 13.8 Å². The van der Waals surface area contributed by atoms with Gasteiger partial charge in [-0.1, -0.05) is 135 Å². The molecule has 48 heavy (non-hydrogen) atoms. The molecular formula is C46H44N2. The predicted molar refractivity (Wildman–Crippen MR) is 208 cm³/mol. The van der Waals surface area contributed by atoms with Crippen molar-refractivity contribution in [3.63, 3.8) is 0 Å². The molecule has 0 aliphatic rings. The van der Waals surface area contributed by atoms with Gasteiger partial charge >= 0.3 is 0 Å². The first-order chi connectivity index (χ1) is 23.6. The van der Waals surface area contributed by atoms with Crippen LogP contribution >= 0.6 is 0 Å². The van der Waals surface area contributed by atoms with Crippen LogP contribution in [0.15, 0.2) is 146 Å². The van der Waals surface area contributed by atoms with Crippen molar-refractivity contribution in [1.29, 1.82) is 0 Å². The summed E-state index contributed by atoms with van der Waals surface area (Å²) in [5.41, 5.74) is 12.1. The second-order valence-corrected chi connectivity index (χ2v) is 13.0. The third-order valence-electron chi connectivity index (χ3n) is 9.38. The molecule has 238 valence electrons. The molecule has 2 heteroatoms. The monoisotopic (exact) mass is 624 g/mol. The third-order valence-corrected chi connectivity index (χ3v) is 9.38. The van der Waals surface area contributed by atoms with E-state index in [1.54, 1.807) is 0 Å². The second kappa shape index (κ2) is 13.8. The van der Waals surface area contributed by atoms with E-state index in [0.717, 1.165) is 59.8 Å². The summed E-state index contributed by atoms with van der Waals surface area (Å²) >= 11 is 0. The lowest BCUT2D eigenvalue weighted by molar-refractivity contribution is 0.921. The zero-order valence-corrected chi connectivity index (χ0v) is 28.6. The van der Waals surface area contributed by atoms with E-state index in [-0.39, 0.29) is 0 Å². The fraction of sp³-hybridized carbons (Fsp3) is 0.174. The van der Waals surface area contributed by atoms with Crippen LogP contribution in [0.2, 0.25) is 0 Å². The summed E-state index contributed by atoms with van der Waals surface area (Å²) in [5.74, 6) is 0. The molecule has 0 N–H and O–H groups in total. The minimum absolute atomic E-state index is 1.07. The Morgan fingerprint density at radius 3 is 0.958 bits per heavy atom. The predicted octanol–water partition coefficient (Wildman–Crippen LogP) is 13.5. The molecule has 0 heterocycles. The van der Waals surface area contributed by atoms with E-state index in [1.165, 1.54) is 43.8 Å². The molecule has 0 aliphatic heterocycles. The zero-order chi connectivity index (χ0) is 33.0. The maximum absolute atomic E-state index is 2.48. The van der Waals surface area contributed by atoms with E-state index in [1.807, 2.05) is 0 Å². The fourth-order valence-electron chi connectivity index (χ4n) is 6.96. The lowest BCUT2D eigenvalue weighted by atomic mass is 9.95. The minimum atomic E-state index is 1.07. The van der Waals surface area contributed by atoms with E-state index >= 15 is 0 Å². The van der Waals surface area contributed by atoms with Gasteiger partial charge in [-0.05, 0) is 97.1 Å². The molecule has 0 amide bonds. The van der Waals surface area contributed by atoms with Gasteiger partial charge in [0.15, 0.2) is 0 Å². The highest BCUT2D eigenvalue weighted by molar-refractivity contribution is 6.23. The normalized spacial score (nSPS) is 11.2. The van der Waals surface area contributed by atoms with Gasteiger partial charge in [-0.15, -0.1) is 0 Å². The van der Waals surface area contributed by atoms with E-state index < -0.39 is 0 Å². The molecule has 0 atom stereocenters. The Balaban J connectivity index is 1.62. The van der Waals surface area contributed by atoms with Crippen molar-refractivity contribution in [3.8, 4) is 0 Å². The molecule has 2 nitrogen and oxygen atoms in total. The van der Waals surface area contributed by atoms with Crippen LogP contribution in [-0.2, 0) is 12.8 Å². The lowest BCUT2D eigenvalue weighted by Crippen LogP contribution is -2.18. The number of aryl methyl sites for hydroxylation is 4. The molecule has 0 spiro atoms. The Hall–Kier alpha value is -5.34. The first kappa shape index (κ1) is 31.3. The van der Waals surface area contributed by atoms with Crippen LogP contribution in [0.3, 0.4) is 0 Å². The average Bonchev–Trinajstić information content (AvgIpc) is 3.12. The zero-order valence-electron chi connectivity index (χ0n) is 28.6. The smallest absolute Gasteiger partial charge is 0.0788 e. The van der Waals surface area contributed by atoms with E-state index in [2.05, 4.69) is 183 Å². The molecule has 7 aromatic rings. The molecular weight excluding hydrogens is 581 g/mol. The van der Waals surface area contributed by atoms with Gasteiger partial charge in [0.25, 0.3) is 0 Å². The molecule has 0 bridgehead atoms. The topological polar surface area (TPSA) is 6.48 Å². The van der Waals surface area contributed by atoms with E-state index in [9.17, 15) is 0 Å². The molecule has 7 rings (SSSR count). The Kier molecular flexibility index (Phi) is 8.99. The molecule has 0 saturated heterocycles. The van der Waals surface area contributed by atoms with Gasteiger partial charge in [-0.3, -0.25) is 0 Å². The Morgan fingerprint density at radius 2 is 0.646 bits per heavy atom. The number of benzene rings is 7. The van der Waals surface area contributed by atoms with Gasteiger partial charge in [-0.25, -0.2) is 0 Å². The summed E-state index contributed by atoms with van der Waals surface area (Å²) in [6.45, 7) is 8.81. The van der Waals surface area contributed by atoms with E-state index in [4.69, 9.17) is 0 Å². The van der Waals surface area contributed by atoms with Crippen molar-refractivity contribution < 1.29 is 0 Å². The summed E-state index contributed by atoms with van der Waals surface area (Å²) in [6, 6.07) is 54.2. The van der Waals surface area contributed by atoms with Crippen LogP contribution in [-0.4, -0.2) is 0 Å². The molecule has 0 fully saturated rings. The molecule has 0 radical (unpaired) electrons. The van der Waals surface area contributed by atoms with Crippen LogP contribution in [0.25, 0.3) is 21.5 Å². The quantitative estimate of drug-likeness (QED) is 0.110. The van der Waals surface area contributed by atoms with Crippen molar-refractivity contribution in [2.45, 2.75) is 53.4 Å². The highest BCUT2D eigenvalue weighted by Gasteiger charge is 2.27. The Morgan fingerprint density at radius 1 is 0.354 bits per heavy atom. The number of nitrogens with zero attached hydrogens (tertiary/aromatic N) is 2. The molecule has 0 aliphatic carbocycles. The lowest BCUT2D eigenvalue weighted by Gasteiger charge is -2.35. The standard InChI is InChI=1S/C46H44N2/c1-5-11-35-21-29-39(30-22-35)47(37-25-17-33(3)18-26-37)45-43-15-9-7-13-41(43)42-14-8-10-16-44(42)46(45)48(38-27-19-34(4)20-28-38)40-31-23-36(12-6-2)24-32-40/h7-10,13-32H,5-6,11-12H2,1-4H3. The summed E-state index contributed by atoms with van der Waals surface area (Å²) in [5, 5.41) is 4.91. The number of hydrogen-bond donors (Lipinski definition) is 0.